The van der Waals surface area contributed by atoms with E-state index in [1.54, 1.807) is 7.11 Å². The topological polar surface area (TPSA) is 73.3 Å². The minimum absolute atomic E-state index is 0.130. The zero-order valence-electron chi connectivity index (χ0n) is 11.9. The number of nitrogens with zero attached hydrogens (tertiary/aromatic N) is 2. The summed E-state index contributed by atoms with van der Waals surface area (Å²) >= 11 is 1.30. The van der Waals surface area contributed by atoms with Gasteiger partial charge < -0.3 is 14.8 Å². The fraction of sp³-hybridized carbons (Fsp3) is 0.357. The second kappa shape index (κ2) is 7.70. The normalized spacial score (nSPS) is 11.9. The van der Waals surface area contributed by atoms with E-state index in [1.807, 2.05) is 37.3 Å². The number of anilines is 1. The van der Waals surface area contributed by atoms with Crippen LogP contribution in [-0.4, -0.2) is 29.8 Å². The molecule has 0 spiro atoms. The number of hydrogen-bond acceptors (Lipinski definition) is 6. The third kappa shape index (κ3) is 4.80. The van der Waals surface area contributed by atoms with Gasteiger partial charge in [0.25, 0.3) is 0 Å². The first kappa shape index (κ1) is 15.4. The Hall–Kier alpha value is -1.99. The summed E-state index contributed by atoms with van der Waals surface area (Å²) in [5.74, 6) is 0.594. The van der Waals surface area contributed by atoms with Crippen molar-refractivity contribution < 1.29 is 14.3 Å². The molecule has 0 bridgehead atoms. The van der Waals surface area contributed by atoms with E-state index in [-0.39, 0.29) is 18.4 Å². The van der Waals surface area contributed by atoms with E-state index in [0.29, 0.717) is 11.7 Å². The van der Waals surface area contributed by atoms with Crippen molar-refractivity contribution in [1.29, 1.82) is 0 Å². The van der Waals surface area contributed by atoms with Gasteiger partial charge in [-0.3, -0.25) is 4.79 Å². The number of carbonyl (C=O) groups excluding carboxylic acids is 1. The highest BCUT2D eigenvalue weighted by Crippen LogP contribution is 2.23. The van der Waals surface area contributed by atoms with Crippen LogP contribution < -0.4 is 10.1 Å². The van der Waals surface area contributed by atoms with E-state index in [2.05, 4.69) is 15.5 Å². The molecule has 0 aliphatic rings. The third-order valence-corrected chi connectivity index (χ3v) is 3.73. The molecular formula is C14H17N3O3S. The molecule has 0 aliphatic carbocycles. The van der Waals surface area contributed by atoms with Crippen molar-refractivity contribution in [2.24, 2.45) is 0 Å². The molecule has 1 atom stereocenters. The van der Waals surface area contributed by atoms with Crippen molar-refractivity contribution in [2.75, 3.05) is 19.0 Å². The Balaban J connectivity index is 1.75. The number of amides is 1. The molecule has 0 saturated carbocycles. The van der Waals surface area contributed by atoms with Gasteiger partial charge in [0.15, 0.2) is 0 Å². The summed E-state index contributed by atoms with van der Waals surface area (Å²) in [5.41, 5.74) is 0. The molecule has 1 aromatic carbocycles. The maximum absolute atomic E-state index is 11.8. The summed E-state index contributed by atoms with van der Waals surface area (Å²) < 4.78 is 10.6. The summed E-state index contributed by atoms with van der Waals surface area (Å²) in [4.78, 5) is 11.8. The van der Waals surface area contributed by atoms with E-state index in [1.165, 1.54) is 11.3 Å². The van der Waals surface area contributed by atoms with E-state index in [0.717, 1.165) is 10.8 Å². The third-order valence-electron chi connectivity index (χ3n) is 2.73. The van der Waals surface area contributed by atoms with Gasteiger partial charge in [-0.25, -0.2) is 0 Å². The zero-order valence-corrected chi connectivity index (χ0v) is 12.7. The fourth-order valence-corrected chi connectivity index (χ4v) is 2.30. The van der Waals surface area contributed by atoms with Gasteiger partial charge in [-0.05, 0) is 19.1 Å². The Bertz CT molecular complexity index is 574. The van der Waals surface area contributed by atoms with Crippen LogP contribution in [0.15, 0.2) is 30.3 Å². The van der Waals surface area contributed by atoms with Crippen LogP contribution in [0.2, 0.25) is 0 Å². The maximum atomic E-state index is 11.8. The second-order valence-corrected chi connectivity index (χ2v) is 5.29. The van der Waals surface area contributed by atoms with Crippen molar-refractivity contribution >= 4 is 22.4 Å². The highest BCUT2D eigenvalue weighted by Gasteiger charge is 2.12. The summed E-state index contributed by atoms with van der Waals surface area (Å²) in [5, 5.41) is 11.8. The van der Waals surface area contributed by atoms with Gasteiger partial charge in [-0.1, -0.05) is 29.5 Å². The molecule has 112 valence electrons. The summed E-state index contributed by atoms with van der Waals surface area (Å²) in [6, 6.07) is 9.38. The van der Waals surface area contributed by atoms with Crippen LogP contribution >= 0.6 is 11.3 Å². The molecule has 1 amide bonds. The summed E-state index contributed by atoms with van der Waals surface area (Å²) in [6.45, 7) is 2.19. The van der Waals surface area contributed by atoms with Crippen molar-refractivity contribution in [2.45, 2.75) is 19.4 Å². The summed E-state index contributed by atoms with van der Waals surface area (Å²) in [6.07, 6.45) is 0.124. The van der Waals surface area contributed by atoms with E-state index >= 15 is 0 Å². The fourth-order valence-electron chi connectivity index (χ4n) is 1.51. The van der Waals surface area contributed by atoms with Gasteiger partial charge in [0.05, 0.1) is 13.0 Å². The first-order chi connectivity index (χ1) is 10.2. The van der Waals surface area contributed by atoms with Gasteiger partial charge in [0, 0.05) is 7.11 Å². The number of methoxy groups -OCH3 is 1. The first-order valence-corrected chi connectivity index (χ1v) is 7.34. The first-order valence-electron chi connectivity index (χ1n) is 6.53. The van der Waals surface area contributed by atoms with Crippen LogP contribution in [0.3, 0.4) is 0 Å². The van der Waals surface area contributed by atoms with Gasteiger partial charge in [0.1, 0.15) is 16.9 Å². The Morgan fingerprint density at radius 3 is 2.81 bits per heavy atom. The molecule has 0 saturated heterocycles. The minimum atomic E-state index is -0.154. The smallest absolute Gasteiger partial charge is 0.229 e. The lowest BCUT2D eigenvalue weighted by molar-refractivity contribution is -0.116. The van der Waals surface area contributed by atoms with Crippen LogP contribution in [0, 0.1) is 0 Å². The monoisotopic (exact) mass is 307 g/mol. The molecule has 2 rings (SSSR count). The van der Waals surface area contributed by atoms with Crippen LogP contribution in [-0.2, 0) is 9.53 Å². The molecule has 1 aromatic heterocycles. The molecule has 0 radical (unpaired) electrons. The number of rotatable bonds is 7. The number of para-hydroxylation sites is 1. The lowest BCUT2D eigenvalue weighted by Crippen LogP contribution is -2.15. The Morgan fingerprint density at radius 2 is 2.10 bits per heavy atom. The molecule has 2 aromatic rings. The molecular weight excluding hydrogens is 290 g/mol. The molecule has 1 N–H and O–H groups in total. The van der Waals surface area contributed by atoms with Crippen molar-refractivity contribution in [3.8, 4) is 5.75 Å². The molecule has 1 unspecified atom stereocenters. The Kier molecular flexibility index (Phi) is 5.65. The lowest BCUT2D eigenvalue weighted by Gasteiger charge is -2.05. The van der Waals surface area contributed by atoms with Crippen LogP contribution in [0.1, 0.15) is 24.5 Å². The molecule has 21 heavy (non-hydrogen) atoms. The van der Waals surface area contributed by atoms with Crippen LogP contribution in [0.5, 0.6) is 5.75 Å². The standard InChI is InChI=1S/C14H17N3O3S/c1-10(19-2)13-16-17-14(21-13)15-12(18)8-9-20-11-6-4-3-5-7-11/h3-7,10H,8-9H2,1-2H3,(H,15,17,18). The van der Waals surface area contributed by atoms with Crippen LogP contribution in [0.25, 0.3) is 0 Å². The van der Waals surface area contributed by atoms with Gasteiger partial charge >= 0.3 is 0 Å². The van der Waals surface area contributed by atoms with Crippen molar-refractivity contribution in [3.63, 3.8) is 0 Å². The average Bonchev–Trinajstić information content (AvgIpc) is 2.96. The number of hydrogen-bond donors (Lipinski definition) is 1. The predicted molar refractivity (Wildman–Crippen MR) is 80.5 cm³/mol. The number of benzene rings is 1. The van der Waals surface area contributed by atoms with Gasteiger partial charge in [-0.15, -0.1) is 10.2 Å². The van der Waals surface area contributed by atoms with Crippen LogP contribution in [0.4, 0.5) is 5.13 Å². The molecule has 6 nitrogen and oxygen atoms in total. The van der Waals surface area contributed by atoms with Gasteiger partial charge in [0.2, 0.25) is 11.0 Å². The van der Waals surface area contributed by atoms with E-state index < -0.39 is 0 Å². The van der Waals surface area contributed by atoms with E-state index in [9.17, 15) is 4.79 Å². The van der Waals surface area contributed by atoms with E-state index in [4.69, 9.17) is 9.47 Å². The lowest BCUT2D eigenvalue weighted by atomic mass is 10.3. The minimum Gasteiger partial charge on any atom is -0.493 e. The number of aromatic nitrogens is 2. The quantitative estimate of drug-likeness (QED) is 0.851. The maximum Gasteiger partial charge on any atom is 0.229 e. The second-order valence-electron chi connectivity index (χ2n) is 4.28. The SMILES string of the molecule is COC(C)c1nnc(NC(=O)CCOc2ccccc2)s1. The summed E-state index contributed by atoms with van der Waals surface area (Å²) in [7, 11) is 1.60. The average molecular weight is 307 g/mol. The number of nitrogens with one attached hydrogen (secondary N) is 1. The highest BCUT2D eigenvalue weighted by molar-refractivity contribution is 7.15. The Morgan fingerprint density at radius 1 is 1.33 bits per heavy atom. The molecule has 7 heteroatoms. The Labute approximate surface area is 127 Å². The van der Waals surface area contributed by atoms with Crippen molar-refractivity contribution in [1.82, 2.24) is 10.2 Å². The molecule has 1 heterocycles. The molecule has 0 fully saturated rings. The largest absolute Gasteiger partial charge is 0.493 e. The number of ether oxygens (including phenoxy) is 2. The van der Waals surface area contributed by atoms with Crippen molar-refractivity contribution in [3.05, 3.63) is 35.3 Å². The molecule has 0 aliphatic heterocycles. The number of carbonyl (C=O) groups is 1. The predicted octanol–water partition coefficient (Wildman–Crippen LogP) is 2.65. The zero-order chi connectivity index (χ0) is 15.1. The highest BCUT2D eigenvalue weighted by atomic mass is 32.1. The van der Waals surface area contributed by atoms with Gasteiger partial charge in [-0.2, -0.15) is 0 Å².